The Morgan fingerprint density at radius 3 is 2.39 bits per heavy atom. The van der Waals surface area contributed by atoms with Gasteiger partial charge in [-0.3, -0.25) is 0 Å². The zero-order valence-electron chi connectivity index (χ0n) is 10.2. The van der Waals surface area contributed by atoms with Crippen LogP contribution in [0, 0.1) is 0 Å². The van der Waals surface area contributed by atoms with E-state index >= 15 is 0 Å². The van der Waals surface area contributed by atoms with Gasteiger partial charge in [-0.15, -0.1) is 0 Å². The van der Waals surface area contributed by atoms with Gasteiger partial charge in [-0.25, -0.2) is 0 Å². The lowest BCUT2D eigenvalue weighted by atomic mass is 10.2. The average Bonchev–Trinajstić information content (AvgIpc) is 2.33. The molecule has 1 aromatic carbocycles. The van der Waals surface area contributed by atoms with Crippen molar-refractivity contribution in [3.8, 4) is 5.75 Å². The van der Waals surface area contributed by atoms with Crippen LogP contribution in [0.15, 0.2) is 36.4 Å². The molecule has 1 rings (SSSR count). The second-order valence-electron chi connectivity index (χ2n) is 3.84. The summed E-state index contributed by atoms with van der Waals surface area (Å²) in [6.07, 6.45) is -4.31. The minimum atomic E-state index is -4.31. The molecule has 1 aromatic rings. The van der Waals surface area contributed by atoms with E-state index in [-0.39, 0.29) is 0 Å². The summed E-state index contributed by atoms with van der Waals surface area (Å²) >= 11 is 0. The van der Waals surface area contributed by atoms with Gasteiger partial charge >= 0.3 is 6.18 Å². The van der Waals surface area contributed by atoms with Crippen molar-refractivity contribution in [2.75, 3.05) is 19.7 Å². The highest BCUT2D eigenvalue weighted by molar-refractivity contribution is 5.29. The van der Waals surface area contributed by atoms with Gasteiger partial charge in [0.1, 0.15) is 12.4 Å². The molecule has 0 unspecified atom stereocenters. The molecule has 0 atom stereocenters. The number of halogens is 3. The Morgan fingerprint density at radius 2 is 1.89 bits per heavy atom. The third kappa shape index (κ3) is 4.79. The minimum absolute atomic E-state index is 0.290. The molecule has 0 aromatic heterocycles. The fourth-order valence-electron chi connectivity index (χ4n) is 1.28. The number of rotatable bonds is 6. The van der Waals surface area contributed by atoms with Crippen molar-refractivity contribution in [3.63, 3.8) is 0 Å². The molecule has 0 aliphatic heterocycles. The monoisotopic (exact) mass is 259 g/mol. The fourth-order valence-corrected chi connectivity index (χ4v) is 1.28. The van der Waals surface area contributed by atoms with Crippen molar-refractivity contribution in [3.05, 3.63) is 42.0 Å². The number of hydrogen-bond acceptors (Lipinski definition) is 2. The number of likely N-dealkylation sites (N-methyl/N-ethyl adjacent to an activating group) is 1. The van der Waals surface area contributed by atoms with Crippen LogP contribution in [0.2, 0.25) is 0 Å². The highest BCUT2D eigenvalue weighted by atomic mass is 19.4. The molecule has 5 heteroatoms. The van der Waals surface area contributed by atoms with Gasteiger partial charge in [0.15, 0.2) is 0 Å². The van der Waals surface area contributed by atoms with Crippen LogP contribution in [-0.4, -0.2) is 19.7 Å². The van der Waals surface area contributed by atoms with E-state index in [4.69, 9.17) is 4.74 Å². The van der Waals surface area contributed by atoms with E-state index in [9.17, 15) is 13.2 Å². The van der Waals surface area contributed by atoms with E-state index in [1.807, 2.05) is 6.92 Å². The molecule has 1 N–H and O–H groups in total. The van der Waals surface area contributed by atoms with Gasteiger partial charge in [-0.2, -0.15) is 13.2 Å². The maximum Gasteiger partial charge on any atom is 0.416 e. The maximum atomic E-state index is 12.3. The van der Waals surface area contributed by atoms with Gasteiger partial charge in [0.25, 0.3) is 0 Å². The van der Waals surface area contributed by atoms with E-state index < -0.39 is 11.7 Å². The van der Waals surface area contributed by atoms with Crippen molar-refractivity contribution in [1.29, 1.82) is 0 Å². The van der Waals surface area contributed by atoms with Crippen LogP contribution in [0.1, 0.15) is 12.5 Å². The highest BCUT2D eigenvalue weighted by Gasteiger charge is 2.29. The van der Waals surface area contributed by atoms with Crippen LogP contribution in [0.5, 0.6) is 5.75 Å². The summed E-state index contributed by atoms with van der Waals surface area (Å²) in [5.41, 5.74) is 0.165. The Balaban J connectivity index is 2.47. The lowest BCUT2D eigenvalue weighted by Crippen LogP contribution is -2.18. The Bertz CT molecular complexity index is 384. The number of alkyl halides is 3. The van der Waals surface area contributed by atoms with Gasteiger partial charge in [0, 0.05) is 6.54 Å². The molecule has 0 fully saturated rings. The summed E-state index contributed by atoms with van der Waals surface area (Å²) in [7, 11) is 0. The first-order chi connectivity index (χ1) is 8.43. The van der Waals surface area contributed by atoms with Crippen molar-refractivity contribution in [2.45, 2.75) is 13.1 Å². The lowest BCUT2D eigenvalue weighted by molar-refractivity contribution is -0.137. The molecule has 0 spiro atoms. The van der Waals surface area contributed by atoms with Gasteiger partial charge < -0.3 is 10.1 Å². The molecule has 0 bridgehead atoms. The lowest BCUT2D eigenvalue weighted by Gasteiger charge is -2.10. The summed E-state index contributed by atoms with van der Waals surface area (Å²) in [5.74, 6) is 0.403. The summed E-state index contributed by atoms with van der Waals surface area (Å²) in [5, 5.41) is 3.09. The minimum Gasteiger partial charge on any atom is -0.489 e. The van der Waals surface area contributed by atoms with Crippen molar-refractivity contribution < 1.29 is 17.9 Å². The van der Waals surface area contributed by atoms with Gasteiger partial charge in [0.05, 0.1) is 5.56 Å². The van der Waals surface area contributed by atoms with Gasteiger partial charge in [-0.05, 0) is 36.4 Å². The molecule has 0 aliphatic rings. The predicted molar refractivity (Wildman–Crippen MR) is 64.6 cm³/mol. The number of ether oxygens (including phenoxy) is 1. The van der Waals surface area contributed by atoms with Crippen LogP contribution in [0.4, 0.5) is 13.2 Å². The molecule has 0 aliphatic carbocycles. The first kappa shape index (κ1) is 14.6. The largest absolute Gasteiger partial charge is 0.489 e. The van der Waals surface area contributed by atoms with E-state index in [0.717, 1.165) is 24.3 Å². The highest BCUT2D eigenvalue weighted by Crippen LogP contribution is 2.30. The molecular formula is C13H16F3NO. The Labute approximate surface area is 104 Å². The zero-order chi connectivity index (χ0) is 13.6. The smallest absolute Gasteiger partial charge is 0.416 e. The standard InChI is InChI=1S/C13H16F3NO/c1-3-17-8-10(2)9-18-12-6-4-11(5-7-12)13(14,15)16/h4-7,17H,2-3,8-9H2,1H3. The van der Waals surface area contributed by atoms with Crippen LogP contribution >= 0.6 is 0 Å². The Morgan fingerprint density at radius 1 is 1.28 bits per heavy atom. The third-order valence-electron chi connectivity index (χ3n) is 2.25. The molecule has 2 nitrogen and oxygen atoms in total. The molecule has 0 radical (unpaired) electrons. The topological polar surface area (TPSA) is 21.3 Å². The van der Waals surface area contributed by atoms with E-state index in [1.165, 1.54) is 12.1 Å². The van der Waals surface area contributed by atoms with Crippen molar-refractivity contribution in [2.24, 2.45) is 0 Å². The molecule has 0 amide bonds. The number of benzene rings is 1. The van der Waals surface area contributed by atoms with Crippen LogP contribution in [0.3, 0.4) is 0 Å². The van der Waals surface area contributed by atoms with Gasteiger partial charge in [-0.1, -0.05) is 13.5 Å². The fraction of sp³-hybridized carbons (Fsp3) is 0.385. The second-order valence-corrected chi connectivity index (χ2v) is 3.84. The van der Waals surface area contributed by atoms with Crippen molar-refractivity contribution in [1.82, 2.24) is 5.32 Å². The van der Waals surface area contributed by atoms with E-state index in [2.05, 4.69) is 11.9 Å². The van der Waals surface area contributed by atoms with Crippen molar-refractivity contribution >= 4 is 0 Å². The number of hydrogen-bond donors (Lipinski definition) is 1. The maximum absolute atomic E-state index is 12.3. The van der Waals surface area contributed by atoms with Crippen LogP contribution in [-0.2, 0) is 6.18 Å². The van der Waals surface area contributed by atoms with E-state index in [1.54, 1.807) is 0 Å². The average molecular weight is 259 g/mol. The zero-order valence-corrected chi connectivity index (χ0v) is 10.2. The predicted octanol–water partition coefficient (Wildman–Crippen LogP) is 3.25. The summed E-state index contributed by atoms with van der Waals surface area (Å²) in [4.78, 5) is 0. The van der Waals surface area contributed by atoms with Crippen LogP contribution < -0.4 is 10.1 Å². The molecule has 100 valence electrons. The quantitative estimate of drug-likeness (QED) is 0.792. The molecule has 0 saturated heterocycles. The molecule has 18 heavy (non-hydrogen) atoms. The third-order valence-corrected chi connectivity index (χ3v) is 2.25. The molecular weight excluding hydrogens is 243 g/mol. The Kier molecular flexibility index (Phi) is 5.22. The Hall–Kier alpha value is -1.49. The number of nitrogens with one attached hydrogen (secondary N) is 1. The first-order valence-electron chi connectivity index (χ1n) is 5.61. The summed E-state index contributed by atoms with van der Waals surface area (Å²) < 4.78 is 42.3. The molecule has 0 saturated carbocycles. The summed E-state index contributed by atoms with van der Waals surface area (Å²) in [6, 6.07) is 4.62. The SMILES string of the molecule is C=C(CNCC)COc1ccc(C(F)(F)F)cc1. The summed E-state index contributed by atoms with van der Waals surface area (Å²) in [6.45, 7) is 7.53. The normalized spacial score (nSPS) is 11.3. The van der Waals surface area contributed by atoms with Gasteiger partial charge in [0.2, 0.25) is 0 Å². The van der Waals surface area contributed by atoms with Crippen LogP contribution in [0.25, 0.3) is 0 Å². The first-order valence-corrected chi connectivity index (χ1v) is 5.61. The van der Waals surface area contributed by atoms with E-state index in [0.29, 0.717) is 18.9 Å². The second kappa shape index (κ2) is 6.44. The molecule has 0 heterocycles.